The van der Waals surface area contributed by atoms with Crippen LogP contribution in [0.3, 0.4) is 0 Å². The van der Waals surface area contributed by atoms with Crippen LogP contribution in [0.5, 0.6) is 0 Å². The zero-order valence-electron chi connectivity index (χ0n) is 16.4. The first kappa shape index (κ1) is 22.3. The van der Waals surface area contributed by atoms with E-state index >= 15 is 0 Å². The van der Waals surface area contributed by atoms with E-state index < -0.39 is 21.8 Å². The third-order valence-electron chi connectivity index (χ3n) is 4.97. The number of carbonyl (C=O) groups excluding carboxylic acids is 2. The van der Waals surface area contributed by atoms with E-state index in [4.69, 9.17) is 11.6 Å². The summed E-state index contributed by atoms with van der Waals surface area (Å²) >= 11 is 5.87. The monoisotopic (exact) mass is 449 g/mol. The molecule has 1 fully saturated rings. The zero-order chi connectivity index (χ0) is 21.6. The quantitative estimate of drug-likeness (QED) is 0.662. The predicted molar refractivity (Wildman–Crippen MR) is 116 cm³/mol. The average molecular weight is 450 g/mol. The summed E-state index contributed by atoms with van der Waals surface area (Å²) in [6.07, 6.45) is 2.88. The van der Waals surface area contributed by atoms with Gasteiger partial charge in [-0.15, -0.1) is 0 Å². The van der Waals surface area contributed by atoms with Gasteiger partial charge in [0.05, 0.1) is 4.90 Å². The highest BCUT2D eigenvalue weighted by Gasteiger charge is 2.33. The fourth-order valence-electron chi connectivity index (χ4n) is 3.49. The molecule has 2 amide bonds. The number of benzene rings is 2. The molecule has 1 aliphatic heterocycles. The van der Waals surface area contributed by atoms with Crippen LogP contribution in [0, 0.1) is 0 Å². The van der Waals surface area contributed by atoms with E-state index in [1.807, 2.05) is 0 Å². The summed E-state index contributed by atoms with van der Waals surface area (Å²) in [5, 5.41) is 5.50. The lowest BCUT2D eigenvalue weighted by molar-refractivity contribution is -0.136. The van der Waals surface area contributed by atoms with Crippen molar-refractivity contribution in [3.8, 4) is 0 Å². The largest absolute Gasteiger partial charge is 0.348 e. The average Bonchev–Trinajstić information content (AvgIpc) is 2.74. The molecule has 0 spiro atoms. The van der Waals surface area contributed by atoms with Crippen LogP contribution in [0.1, 0.15) is 25.7 Å². The zero-order valence-corrected chi connectivity index (χ0v) is 18.0. The van der Waals surface area contributed by atoms with Gasteiger partial charge in [-0.25, -0.2) is 8.42 Å². The Morgan fingerprint density at radius 3 is 2.53 bits per heavy atom. The van der Waals surface area contributed by atoms with Gasteiger partial charge in [0.25, 0.3) is 0 Å². The van der Waals surface area contributed by atoms with E-state index in [-0.39, 0.29) is 17.5 Å². The molecule has 2 aromatic rings. The highest BCUT2D eigenvalue weighted by Crippen LogP contribution is 2.26. The second-order valence-corrected chi connectivity index (χ2v) is 9.41. The van der Waals surface area contributed by atoms with Gasteiger partial charge in [0, 0.05) is 29.8 Å². The van der Waals surface area contributed by atoms with Gasteiger partial charge in [-0.3, -0.25) is 9.59 Å². The molecular formula is C21H24ClN3O4S. The molecule has 0 bridgehead atoms. The topological polar surface area (TPSA) is 95.6 Å². The molecule has 3 rings (SSSR count). The maximum atomic E-state index is 13.0. The fourth-order valence-corrected chi connectivity index (χ4v) is 5.43. The van der Waals surface area contributed by atoms with Crippen LogP contribution in [-0.2, 0) is 19.6 Å². The van der Waals surface area contributed by atoms with Crippen LogP contribution < -0.4 is 10.6 Å². The van der Waals surface area contributed by atoms with Crippen molar-refractivity contribution in [1.82, 2.24) is 9.62 Å². The third-order valence-corrected chi connectivity index (χ3v) is 7.18. The highest BCUT2D eigenvalue weighted by molar-refractivity contribution is 7.89. The SMILES string of the molecule is O=C(NCC[C@@H]1CCCCN1S(=O)(=O)c1ccccc1)C(=O)Nc1cccc(Cl)c1. The normalized spacial score (nSPS) is 17.3. The first-order valence-electron chi connectivity index (χ1n) is 9.79. The maximum Gasteiger partial charge on any atom is 0.313 e. The fraction of sp³-hybridized carbons (Fsp3) is 0.333. The summed E-state index contributed by atoms with van der Waals surface area (Å²) in [5.74, 6) is -1.57. The van der Waals surface area contributed by atoms with Crippen molar-refractivity contribution in [3.05, 3.63) is 59.6 Å². The van der Waals surface area contributed by atoms with E-state index in [1.54, 1.807) is 54.6 Å². The Bertz CT molecular complexity index is 998. The summed E-state index contributed by atoms with van der Waals surface area (Å²) in [5.41, 5.74) is 0.426. The van der Waals surface area contributed by atoms with Crippen molar-refractivity contribution < 1.29 is 18.0 Å². The predicted octanol–water partition coefficient (Wildman–Crippen LogP) is 3.03. The summed E-state index contributed by atoms with van der Waals surface area (Å²) < 4.78 is 27.5. The molecule has 0 aromatic heterocycles. The first-order chi connectivity index (χ1) is 14.4. The highest BCUT2D eigenvalue weighted by atomic mass is 35.5. The number of halogens is 1. The van der Waals surface area contributed by atoms with Crippen molar-refractivity contribution in [2.45, 2.75) is 36.6 Å². The van der Waals surface area contributed by atoms with Crippen LogP contribution in [0.2, 0.25) is 5.02 Å². The number of hydrogen-bond donors (Lipinski definition) is 2. The molecule has 1 saturated heterocycles. The number of anilines is 1. The minimum absolute atomic E-state index is 0.202. The number of sulfonamides is 1. The number of nitrogens with zero attached hydrogens (tertiary/aromatic N) is 1. The van der Waals surface area contributed by atoms with Gasteiger partial charge in [0.15, 0.2) is 0 Å². The lowest BCUT2D eigenvalue weighted by Crippen LogP contribution is -2.45. The van der Waals surface area contributed by atoms with Crippen LogP contribution in [-0.4, -0.2) is 43.7 Å². The molecule has 1 atom stereocenters. The van der Waals surface area contributed by atoms with E-state index in [0.29, 0.717) is 23.7 Å². The molecule has 0 unspecified atom stereocenters. The van der Waals surface area contributed by atoms with Gasteiger partial charge in [-0.05, 0) is 49.6 Å². The van der Waals surface area contributed by atoms with Gasteiger partial charge in [-0.2, -0.15) is 4.31 Å². The molecule has 0 radical (unpaired) electrons. The summed E-state index contributed by atoms with van der Waals surface area (Å²) in [6, 6.07) is 14.6. The second-order valence-electron chi connectivity index (χ2n) is 7.09. The molecule has 9 heteroatoms. The summed E-state index contributed by atoms with van der Waals surface area (Å²) in [4.78, 5) is 24.4. The molecule has 2 aromatic carbocycles. The van der Waals surface area contributed by atoms with Gasteiger partial charge in [-0.1, -0.05) is 42.3 Å². The summed E-state index contributed by atoms with van der Waals surface area (Å²) in [7, 11) is -3.59. The Hall–Kier alpha value is -2.42. The van der Waals surface area contributed by atoms with Gasteiger partial charge in [0.1, 0.15) is 0 Å². The second kappa shape index (κ2) is 10.1. The van der Waals surface area contributed by atoms with Gasteiger partial charge < -0.3 is 10.6 Å². The van der Waals surface area contributed by atoms with Crippen molar-refractivity contribution in [3.63, 3.8) is 0 Å². The number of piperidine rings is 1. The number of rotatable bonds is 6. The van der Waals surface area contributed by atoms with E-state index in [0.717, 1.165) is 19.3 Å². The number of amides is 2. The number of carbonyl (C=O) groups is 2. The third kappa shape index (κ3) is 5.59. The van der Waals surface area contributed by atoms with Crippen LogP contribution in [0.4, 0.5) is 5.69 Å². The van der Waals surface area contributed by atoms with E-state index in [1.165, 1.54) is 4.31 Å². The number of hydrogen-bond acceptors (Lipinski definition) is 4. The molecule has 1 aliphatic rings. The Morgan fingerprint density at radius 2 is 1.80 bits per heavy atom. The Balaban J connectivity index is 1.56. The standard InChI is InChI=1S/C21H24ClN3O4S/c22-16-7-6-8-17(15-16)24-21(27)20(26)23-13-12-18-9-4-5-14-25(18)30(28,29)19-10-2-1-3-11-19/h1-3,6-8,10-11,15,18H,4-5,9,12-14H2,(H,23,26)(H,24,27)/t18-/m0/s1. The lowest BCUT2D eigenvalue weighted by Gasteiger charge is -2.34. The molecule has 2 N–H and O–H groups in total. The molecule has 160 valence electrons. The van der Waals surface area contributed by atoms with Crippen molar-refractivity contribution in [2.75, 3.05) is 18.4 Å². The molecule has 1 heterocycles. The lowest BCUT2D eigenvalue weighted by atomic mass is 10.0. The van der Waals surface area contributed by atoms with Crippen molar-refractivity contribution in [2.24, 2.45) is 0 Å². The van der Waals surface area contributed by atoms with Crippen molar-refractivity contribution in [1.29, 1.82) is 0 Å². The minimum atomic E-state index is -3.59. The number of nitrogens with one attached hydrogen (secondary N) is 2. The molecule has 0 saturated carbocycles. The van der Waals surface area contributed by atoms with E-state index in [2.05, 4.69) is 10.6 Å². The van der Waals surface area contributed by atoms with E-state index in [9.17, 15) is 18.0 Å². The van der Waals surface area contributed by atoms with Crippen LogP contribution in [0.25, 0.3) is 0 Å². The Kier molecular flexibility index (Phi) is 7.47. The molecular weight excluding hydrogens is 426 g/mol. The van der Waals surface area contributed by atoms with Crippen molar-refractivity contribution >= 4 is 39.1 Å². The Morgan fingerprint density at radius 1 is 1.03 bits per heavy atom. The summed E-state index contributed by atoms with van der Waals surface area (Å²) in [6.45, 7) is 0.651. The van der Waals surface area contributed by atoms with Gasteiger partial charge in [0.2, 0.25) is 10.0 Å². The smallest absolute Gasteiger partial charge is 0.313 e. The first-order valence-corrected chi connectivity index (χ1v) is 11.6. The molecule has 30 heavy (non-hydrogen) atoms. The maximum absolute atomic E-state index is 13.0. The minimum Gasteiger partial charge on any atom is -0.348 e. The molecule has 0 aliphatic carbocycles. The molecule has 7 nitrogen and oxygen atoms in total. The Labute approximate surface area is 181 Å². The van der Waals surface area contributed by atoms with Crippen LogP contribution >= 0.6 is 11.6 Å². The van der Waals surface area contributed by atoms with Crippen LogP contribution in [0.15, 0.2) is 59.5 Å². The van der Waals surface area contributed by atoms with Gasteiger partial charge >= 0.3 is 11.8 Å².